The second-order valence-electron chi connectivity index (χ2n) is 7.07. The number of aliphatic imine (C=N–C) groups is 1. The molecule has 0 aromatic heterocycles. The van der Waals surface area contributed by atoms with Gasteiger partial charge < -0.3 is 15.5 Å². The molecule has 0 atom stereocenters. The maximum atomic E-state index is 6.28. The summed E-state index contributed by atoms with van der Waals surface area (Å²) in [5.41, 5.74) is 2.85. The van der Waals surface area contributed by atoms with Crippen LogP contribution < -0.4 is 15.5 Å². The van der Waals surface area contributed by atoms with E-state index in [0.29, 0.717) is 16.6 Å². The minimum atomic E-state index is -0.220. The molecule has 0 aliphatic carbocycles. The number of hydrogen-bond acceptors (Lipinski definition) is 3. The quantitative estimate of drug-likeness (QED) is 0.695. The van der Waals surface area contributed by atoms with E-state index in [1.807, 2.05) is 43.4 Å². The van der Waals surface area contributed by atoms with Gasteiger partial charge in [0.1, 0.15) is 5.84 Å². The lowest BCUT2D eigenvalue weighted by molar-refractivity contribution is 0.415. The molecule has 0 bridgehead atoms. The van der Waals surface area contributed by atoms with Gasteiger partial charge in [0, 0.05) is 12.1 Å². The van der Waals surface area contributed by atoms with E-state index in [1.54, 1.807) is 0 Å². The van der Waals surface area contributed by atoms with Crippen LogP contribution >= 0.6 is 34.8 Å². The maximum Gasteiger partial charge on any atom is 0.130 e. The average Bonchev–Trinajstić information content (AvgIpc) is 2.64. The molecule has 27 heavy (non-hydrogen) atoms. The molecule has 142 valence electrons. The lowest BCUT2D eigenvalue weighted by Gasteiger charge is -2.47. The molecule has 2 aromatic carbocycles. The topological polar surface area (TPSA) is 39.7 Å². The molecule has 0 saturated carbocycles. The predicted octanol–water partition coefficient (Wildman–Crippen LogP) is 5.23. The van der Waals surface area contributed by atoms with Crippen molar-refractivity contribution in [3.63, 3.8) is 0 Å². The molecule has 4 rings (SSSR count). The summed E-state index contributed by atoms with van der Waals surface area (Å²) in [5.74, 6) is 1.02. The molecule has 7 heteroatoms. The molecule has 2 N–H and O–H groups in total. The monoisotopic (exact) mass is 422 g/mol. The van der Waals surface area contributed by atoms with E-state index in [1.165, 1.54) is 0 Å². The third-order valence-corrected chi connectivity index (χ3v) is 6.23. The highest BCUT2D eigenvalue weighted by molar-refractivity contribution is 6.42. The third-order valence-electron chi connectivity index (χ3n) is 5.28. The maximum absolute atomic E-state index is 6.28. The number of nitrogens with one attached hydrogen (secondary N) is 2. The molecule has 2 aromatic rings. The van der Waals surface area contributed by atoms with E-state index in [0.717, 1.165) is 53.7 Å². The van der Waals surface area contributed by atoms with Crippen molar-refractivity contribution in [2.75, 3.05) is 30.4 Å². The number of amidine groups is 1. The van der Waals surface area contributed by atoms with Gasteiger partial charge in [-0.15, -0.1) is 0 Å². The smallest absolute Gasteiger partial charge is 0.130 e. The van der Waals surface area contributed by atoms with Crippen LogP contribution in [-0.4, -0.2) is 31.5 Å². The standard InChI is InChI=1S/C20H21Cl3N4/c1-27-18-11-16(23)15(22)10-17(18)26-20(5-7-24-8-6-20)19(27)25-12-13-3-2-4-14(21)9-13/h2-4,9-11,24,26H,5-8,12H2,1H3/b25-19+. The summed E-state index contributed by atoms with van der Waals surface area (Å²) in [6.45, 7) is 2.45. The lowest BCUT2D eigenvalue weighted by atomic mass is 9.83. The number of hydrogen-bond donors (Lipinski definition) is 2. The highest BCUT2D eigenvalue weighted by atomic mass is 35.5. The Hall–Kier alpha value is -1.46. The SMILES string of the molecule is CN1/C(=N/Cc2cccc(Cl)c2)C2(CCNCC2)Nc2cc(Cl)c(Cl)cc21. The summed E-state index contributed by atoms with van der Waals surface area (Å²) in [7, 11) is 2.05. The molecule has 2 heterocycles. The van der Waals surface area contributed by atoms with E-state index >= 15 is 0 Å². The fourth-order valence-corrected chi connectivity index (χ4v) is 4.46. The molecule has 1 saturated heterocycles. The summed E-state index contributed by atoms with van der Waals surface area (Å²) in [5, 5.41) is 8.99. The third kappa shape index (κ3) is 3.64. The normalized spacial score (nSPS) is 19.9. The Morgan fingerprint density at radius 3 is 2.56 bits per heavy atom. The van der Waals surface area contributed by atoms with Crippen LogP contribution in [-0.2, 0) is 6.54 Å². The van der Waals surface area contributed by atoms with Crippen LogP contribution in [0.3, 0.4) is 0 Å². The Balaban J connectivity index is 1.76. The number of rotatable bonds is 2. The van der Waals surface area contributed by atoms with Gasteiger partial charge >= 0.3 is 0 Å². The van der Waals surface area contributed by atoms with Gasteiger partial charge in [-0.25, -0.2) is 0 Å². The van der Waals surface area contributed by atoms with Crippen LogP contribution in [0.25, 0.3) is 0 Å². The number of nitrogens with zero attached hydrogens (tertiary/aromatic N) is 2. The Kier molecular flexibility index (Phi) is 5.26. The van der Waals surface area contributed by atoms with Crippen molar-refractivity contribution in [2.45, 2.75) is 24.9 Å². The summed E-state index contributed by atoms with van der Waals surface area (Å²) < 4.78 is 0. The van der Waals surface area contributed by atoms with Crippen molar-refractivity contribution in [1.82, 2.24) is 5.32 Å². The average molecular weight is 424 g/mol. The first-order valence-electron chi connectivity index (χ1n) is 9.00. The summed E-state index contributed by atoms with van der Waals surface area (Å²) in [6, 6.07) is 11.6. The minimum absolute atomic E-state index is 0.220. The molecule has 0 radical (unpaired) electrons. The predicted molar refractivity (Wildman–Crippen MR) is 116 cm³/mol. The first-order chi connectivity index (χ1) is 13.0. The van der Waals surface area contributed by atoms with Crippen LogP contribution in [0.15, 0.2) is 41.4 Å². The molecule has 2 aliphatic heterocycles. The molecule has 1 fully saturated rings. The fraction of sp³-hybridized carbons (Fsp3) is 0.350. The summed E-state index contributed by atoms with van der Waals surface area (Å²) >= 11 is 18.7. The van der Waals surface area contributed by atoms with Crippen LogP contribution in [0.4, 0.5) is 11.4 Å². The number of halogens is 3. The van der Waals surface area contributed by atoms with Crippen molar-refractivity contribution < 1.29 is 0 Å². The molecular formula is C20H21Cl3N4. The number of piperidine rings is 1. The van der Waals surface area contributed by atoms with Crippen molar-refractivity contribution in [3.8, 4) is 0 Å². The van der Waals surface area contributed by atoms with Crippen molar-refractivity contribution in [2.24, 2.45) is 4.99 Å². The summed E-state index contributed by atoms with van der Waals surface area (Å²) in [6.07, 6.45) is 1.90. The highest BCUT2D eigenvalue weighted by Crippen LogP contribution is 2.42. The minimum Gasteiger partial charge on any atom is -0.371 e. The van der Waals surface area contributed by atoms with Crippen molar-refractivity contribution >= 4 is 52.0 Å². The Bertz CT molecular complexity index is 891. The molecule has 0 unspecified atom stereocenters. The Morgan fingerprint density at radius 2 is 1.81 bits per heavy atom. The van der Waals surface area contributed by atoms with E-state index in [4.69, 9.17) is 39.8 Å². The molecule has 0 amide bonds. The van der Waals surface area contributed by atoms with Crippen molar-refractivity contribution in [1.29, 1.82) is 0 Å². The van der Waals surface area contributed by atoms with E-state index in [9.17, 15) is 0 Å². The van der Waals surface area contributed by atoms with Crippen LogP contribution in [0.5, 0.6) is 0 Å². The van der Waals surface area contributed by atoms with Crippen LogP contribution in [0.1, 0.15) is 18.4 Å². The van der Waals surface area contributed by atoms with Crippen LogP contribution in [0.2, 0.25) is 15.1 Å². The van der Waals surface area contributed by atoms with Crippen LogP contribution in [0, 0.1) is 0 Å². The molecule has 4 nitrogen and oxygen atoms in total. The van der Waals surface area contributed by atoms with Gasteiger partial charge in [-0.2, -0.15) is 0 Å². The fourth-order valence-electron chi connectivity index (χ4n) is 3.92. The van der Waals surface area contributed by atoms with E-state index in [-0.39, 0.29) is 5.54 Å². The number of benzene rings is 2. The zero-order valence-corrected chi connectivity index (χ0v) is 17.3. The lowest BCUT2D eigenvalue weighted by Crippen LogP contribution is -2.60. The second-order valence-corrected chi connectivity index (χ2v) is 8.32. The Morgan fingerprint density at radius 1 is 1.07 bits per heavy atom. The van der Waals surface area contributed by atoms with Gasteiger partial charge in [0.2, 0.25) is 0 Å². The second kappa shape index (κ2) is 7.51. The summed E-state index contributed by atoms with van der Waals surface area (Å²) in [4.78, 5) is 7.16. The van der Waals surface area contributed by atoms with Gasteiger partial charge in [0.05, 0.1) is 33.5 Å². The first kappa shape index (κ1) is 18.9. The van der Waals surface area contributed by atoms with Crippen molar-refractivity contribution in [3.05, 3.63) is 57.0 Å². The van der Waals surface area contributed by atoms with E-state index in [2.05, 4.69) is 15.5 Å². The zero-order valence-electron chi connectivity index (χ0n) is 15.0. The largest absolute Gasteiger partial charge is 0.371 e. The highest BCUT2D eigenvalue weighted by Gasteiger charge is 2.43. The molecule has 2 aliphatic rings. The Labute approximate surface area is 174 Å². The molecule has 1 spiro atoms. The van der Waals surface area contributed by atoms with Gasteiger partial charge in [0.15, 0.2) is 0 Å². The number of fused-ring (bicyclic) bond motifs is 1. The van der Waals surface area contributed by atoms with Gasteiger partial charge in [-0.1, -0.05) is 46.9 Å². The van der Waals surface area contributed by atoms with Gasteiger partial charge in [-0.05, 0) is 55.8 Å². The number of likely N-dealkylation sites (N-methyl/N-ethyl adjacent to an activating group) is 1. The van der Waals surface area contributed by atoms with E-state index < -0.39 is 0 Å². The molecular weight excluding hydrogens is 403 g/mol. The van der Waals surface area contributed by atoms with Gasteiger partial charge in [0.25, 0.3) is 0 Å². The first-order valence-corrected chi connectivity index (χ1v) is 10.1. The van der Waals surface area contributed by atoms with Gasteiger partial charge in [-0.3, -0.25) is 4.99 Å². The number of anilines is 2. The zero-order chi connectivity index (χ0) is 19.0.